The molecule has 4 heteroatoms. The lowest BCUT2D eigenvalue weighted by Crippen LogP contribution is -2.05. The largest absolute Gasteiger partial charge is 0.398 e. The molecule has 2 rings (SSSR count). The van der Waals surface area contributed by atoms with Crippen molar-refractivity contribution in [3.05, 3.63) is 64.4 Å². The van der Waals surface area contributed by atoms with Crippen LogP contribution in [0.2, 0.25) is 5.02 Å². The molecule has 0 aromatic heterocycles. The summed E-state index contributed by atoms with van der Waals surface area (Å²) in [5.74, 6) is -0.316. The van der Waals surface area contributed by atoms with Crippen molar-refractivity contribution in [2.75, 3.05) is 5.73 Å². The highest BCUT2D eigenvalue weighted by molar-refractivity contribution is 6.30. The molecule has 2 nitrogen and oxygen atoms in total. The van der Waals surface area contributed by atoms with Crippen LogP contribution in [-0.4, -0.2) is 5.11 Å². The van der Waals surface area contributed by atoms with Crippen LogP contribution in [0.25, 0.3) is 0 Å². The maximum absolute atomic E-state index is 13.0. The first-order valence-electron chi connectivity index (χ1n) is 5.53. The van der Waals surface area contributed by atoms with Gasteiger partial charge in [0.1, 0.15) is 5.82 Å². The number of hydrogen-bond acceptors (Lipinski definition) is 2. The van der Waals surface area contributed by atoms with Gasteiger partial charge in [0.2, 0.25) is 0 Å². The molecule has 0 bridgehead atoms. The number of nitrogen functional groups attached to an aromatic ring is 1. The SMILES string of the molecule is Nc1cc(Cl)ccc1C(O)Cc1cccc(F)c1. The Morgan fingerprint density at radius 3 is 2.67 bits per heavy atom. The number of halogens is 2. The van der Waals surface area contributed by atoms with Crippen molar-refractivity contribution in [3.63, 3.8) is 0 Å². The zero-order chi connectivity index (χ0) is 13.1. The summed E-state index contributed by atoms with van der Waals surface area (Å²) in [5.41, 5.74) is 7.54. The van der Waals surface area contributed by atoms with Crippen molar-refractivity contribution in [2.24, 2.45) is 0 Å². The van der Waals surface area contributed by atoms with Gasteiger partial charge in [-0.1, -0.05) is 29.8 Å². The third-order valence-corrected chi connectivity index (χ3v) is 2.96. The van der Waals surface area contributed by atoms with Crippen molar-refractivity contribution in [2.45, 2.75) is 12.5 Å². The fraction of sp³-hybridized carbons (Fsp3) is 0.143. The molecular weight excluding hydrogens is 253 g/mol. The number of benzene rings is 2. The van der Waals surface area contributed by atoms with E-state index in [0.29, 0.717) is 22.7 Å². The van der Waals surface area contributed by atoms with E-state index in [0.717, 1.165) is 5.56 Å². The Kier molecular flexibility index (Phi) is 3.84. The Morgan fingerprint density at radius 2 is 2.00 bits per heavy atom. The Labute approximate surface area is 110 Å². The van der Waals surface area contributed by atoms with Gasteiger partial charge in [0.25, 0.3) is 0 Å². The van der Waals surface area contributed by atoms with Crippen LogP contribution >= 0.6 is 11.6 Å². The lowest BCUT2D eigenvalue weighted by atomic mass is 10.00. The third kappa shape index (κ3) is 3.00. The highest BCUT2D eigenvalue weighted by Crippen LogP contribution is 2.26. The number of aliphatic hydroxyl groups excluding tert-OH is 1. The average Bonchev–Trinajstić information content (AvgIpc) is 2.28. The lowest BCUT2D eigenvalue weighted by Gasteiger charge is -2.13. The fourth-order valence-corrected chi connectivity index (χ4v) is 2.03. The average molecular weight is 266 g/mol. The molecule has 0 aliphatic rings. The molecule has 1 unspecified atom stereocenters. The third-order valence-electron chi connectivity index (χ3n) is 2.73. The summed E-state index contributed by atoms with van der Waals surface area (Å²) in [4.78, 5) is 0. The van der Waals surface area contributed by atoms with Crippen LogP contribution in [0.3, 0.4) is 0 Å². The molecule has 0 fully saturated rings. The molecule has 0 saturated carbocycles. The molecule has 0 saturated heterocycles. The molecule has 0 heterocycles. The van der Waals surface area contributed by atoms with E-state index in [4.69, 9.17) is 17.3 Å². The van der Waals surface area contributed by atoms with Crippen molar-refractivity contribution < 1.29 is 9.50 Å². The van der Waals surface area contributed by atoms with Crippen LogP contribution in [0.15, 0.2) is 42.5 Å². The normalized spacial score (nSPS) is 12.4. The predicted molar refractivity (Wildman–Crippen MR) is 70.9 cm³/mol. The number of rotatable bonds is 3. The Hall–Kier alpha value is -1.58. The van der Waals surface area contributed by atoms with Crippen molar-refractivity contribution in [3.8, 4) is 0 Å². The Morgan fingerprint density at radius 1 is 1.22 bits per heavy atom. The predicted octanol–water partition coefficient (Wildman–Crippen LogP) is 3.34. The highest BCUT2D eigenvalue weighted by Gasteiger charge is 2.12. The minimum Gasteiger partial charge on any atom is -0.398 e. The van der Waals surface area contributed by atoms with E-state index in [2.05, 4.69) is 0 Å². The van der Waals surface area contributed by atoms with Crippen molar-refractivity contribution in [1.29, 1.82) is 0 Å². The van der Waals surface area contributed by atoms with Gasteiger partial charge in [0.15, 0.2) is 0 Å². The van der Waals surface area contributed by atoms with E-state index in [-0.39, 0.29) is 5.82 Å². The molecule has 0 radical (unpaired) electrons. The minimum absolute atomic E-state index is 0.309. The van der Waals surface area contributed by atoms with Gasteiger partial charge >= 0.3 is 0 Å². The summed E-state index contributed by atoms with van der Waals surface area (Å²) >= 11 is 5.79. The standard InChI is InChI=1S/C14H13ClFNO/c15-10-4-5-12(13(17)8-10)14(18)7-9-2-1-3-11(16)6-9/h1-6,8,14,18H,7,17H2. The van der Waals surface area contributed by atoms with Crippen LogP contribution in [0.1, 0.15) is 17.2 Å². The van der Waals surface area contributed by atoms with Crippen molar-refractivity contribution in [1.82, 2.24) is 0 Å². The topological polar surface area (TPSA) is 46.2 Å². The first-order chi connectivity index (χ1) is 8.56. The van der Waals surface area contributed by atoms with Gasteiger partial charge in [-0.25, -0.2) is 4.39 Å². The van der Waals surface area contributed by atoms with E-state index >= 15 is 0 Å². The van der Waals surface area contributed by atoms with Crippen LogP contribution in [0.5, 0.6) is 0 Å². The van der Waals surface area contributed by atoms with Crippen LogP contribution in [-0.2, 0) is 6.42 Å². The second kappa shape index (κ2) is 5.38. The second-order valence-electron chi connectivity index (χ2n) is 4.12. The smallest absolute Gasteiger partial charge is 0.123 e. The van der Waals surface area contributed by atoms with Crippen LogP contribution in [0.4, 0.5) is 10.1 Å². The highest BCUT2D eigenvalue weighted by atomic mass is 35.5. The number of aliphatic hydroxyl groups is 1. The van der Waals surface area contributed by atoms with Gasteiger partial charge in [0, 0.05) is 22.7 Å². The maximum atomic E-state index is 13.0. The molecule has 0 aliphatic carbocycles. The second-order valence-corrected chi connectivity index (χ2v) is 4.56. The van der Waals surface area contributed by atoms with Gasteiger partial charge in [-0.3, -0.25) is 0 Å². The first-order valence-corrected chi connectivity index (χ1v) is 5.91. The number of hydrogen-bond donors (Lipinski definition) is 2. The quantitative estimate of drug-likeness (QED) is 0.836. The summed E-state index contributed by atoms with van der Waals surface area (Å²) < 4.78 is 13.0. The minimum atomic E-state index is -0.774. The molecule has 18 heavy (non-hydrogen) atoms. The lowest BCUT2D eigenvalue weighted by molar-refractivity contribution is 0.179. The van der Waals surface area contributed by atoms with E-state index in [1.807, 2.05) is 0 Å². The molecule has 0 spiro atoms. The molecule has 3 N–H and O–H groups in total. The summed E-state index contributed by atoms with van der Waals surface area (Å²) in [5, 5.41) is 10.6. The van der Waals surface area contributed by atoms with Crippen LogP contribution in [0, 0.1) is 5.82 Å². The van der Waals surface area contributed by atoms with E-state index in [1.54, 1.807) is 30.3 Å². The zero-order valence-electron chi connectivity index (χ0n) is 9.61. The summed E-state index contributed by atoms with van der Waals surface area (Å²) in [6.07, 6.45) is -0.465. The molecule has 0 aliphatic heterocycles. The molecule has 2 aromatic rings. The summed E-state index contributed by atoms with van der Waals surface area (Å²) in [7, 11) is 0. The zero-order valence-corrected chi connectivity index (χ0v) is 10.4. The van der Waals surface area contributed by atoms with Gasteiger partial charge in [-0.2, -0.15) is 0 Å². The van der Waals surface area contributed by atoms with Gasteiger partial charge in [-0.05, 0) is 29.8 Å². The van der Waals surface area contributed by atoms with E-state index in [1.165, 1.54) is 12.1 Å². The van der Waals surface area contributed by atoms with Crippen LogP contribution < -0.4 is 5.73 Å². The molecule has 1 atom stereocenters. The Balaban J connectivity index is 2.19. The van der Waals surface area contributed by atoms with Gasteiger partial charge in [-0.15, -0.1) is 0 Å². The summed E-state index contributed by atoms with van der Waals surface area (Å²) in [6.45, 7) is 0. The number of nitrogens with two attached hydrogens (primary N) is 1. The summed E-state index contributed by atoms with van der Waals surface area (Å²) in [6, 6.07) is 11.1. The molecule has 0 amide bonds. The van der Waals surface area contributed by atoms with Gasteiger partial charge in [0.05, 0.1) is 6.10 Å². The molecule has 2 aromatic carbocycles. The van der Waals surface area contributed by atoms with Gasteiger partial charge < -0.3 is 10.8 Å². The monoisotopic (exact) mass is 265 g/mol. The first kappa shape index (κ1) is 12.9. The molecular formula is C14H13ClFNO. The number of anilines is 1. The van der Waals surface area contributed by atoms with Crippen molar-refractivity contribution >= 4 is 17.3 Å². The van der Waals surface area contributed by atoms with E-state index in [9.17, 15) is 9.50 Å². The maximum Gasteiger partial charge on any atom is 0.123 e. The van der Waals surface area contributed by atoms with E-state index < -0.39 is 6.10 Å². The Bertz CT molecular complexity index is 559. The molecule has 94 valence electrons. The fourth-order valence-electron chi connectivity index (χ4n) is 1.85.